The van der Waals surface area contributed by atoms with Gasteiger partial charge in [-0.25, -0.2) is 0 Å². The molecule has 2 fully saturated rings. The summed E-state index contributed by atoms with van der Waals surface area (Å²) in [7, 11) is 0. The Hall–Kier alpha value is -3.13. The molecule has 1 aromatic carbocycles. The van der Waals surface area contributed by atoms with Crippen LogP contribution < -0.4 is 0 Å². The van der Waals surface area contributed by atoms with Gasteiger partial charge in [0.05, 0.1) is 43.4 Å². The Bertz CT molecular complexity index is 1130. The number of carbonyl (C=O) groups excluding carboxylic acids is 2. The van der Waals surface area contributed by atoms with Crippen molar-refractivity contribution in [2.75, 3.05) is 39.4 Å². The summed E-state index contributed by atoms with van der Waals surface area (Å²) in [6, 6.07) is 6.05. The van der Waals surface area contributed by atoms with E-state index in [1.54, 1.807) is 12.5 Å². The fourth-order valence-corrected chi connectivity index (χ4v) is 4.76. The van der Waals surface area contributed by atoms with Crippen molar-refractivity contribution >= 4 is 22.8 Å². The van der Waals surface area contributed by atoms with Gasteiger partial charge >= 0.3 is 0 Å². The van der Waals surface area contributed by atoms with Crippen molar-refractivity contribution in [3.8, 4) is 0 Å². The van der Waals surface area contributed by atoms with E-state index in [-0.39, 0.29) is 17.7 Å². The van der Waals surface area contributed by atoms with Gasteiger partial charge in [0.2, 0.25) is 5.91 Å². The van der Waals surface area contributed by atoms with Gasteiger partial charge in [-0.3, -0.25) is 14.7 Å². The number of likely N-dealkylation sites (tertiary alicyclic amines) is 1. The molecular formula is C24H28N4O4. The number of carbonyl (C=O) groups is 2. The number of hydrogen-bond donors (Lipinski definition) is 1. The molecule has 8 nitrogen and oxygen atoms in total. The fraction of sp³-hybridized carbons (Fsp3) is 0.458. The number of furan rings is 1. The summed E-state index contributed by atoms with van der Waals surface area (Å²) < 4.78 is 11.0. The van der Waals surface area contributed by atoms with Crippen LogP contribution in [0.15, 0.2) is 35.1 Å². The van der Waals surface area contributed by atoms with E-state index in [9.17, 15) is 9.59 Å². The molecule has 0 unspecified atom stereocenters. The second-order valence-electron chi connectivity index (χ2n) is 8.72. The van der Waals surface area contributed by atoms with Crippen molar-refractivity contribution in [3.05, 3.63) is 53.0 Å². The molecule has 3 aromatic rings. The highest BCUT2D eigenvalue weighted by molar-refractivity contribution is 5.95. The van der Waals surface area contributed by atoms with E-state index < -0.39 is 0 Å². The van der Waals surface area contributed by atoms with Crippen molar-refractivity contribution in [1.29, 1.82) is 0 Å². The van der Waals surface area contributed by atoms with Crippen LogP contribution in [0.4, 0.5) is 0 Å². The number of morpholine rings is 1. The molecule has 4 heterocycles. The Morgan fingerprint density at radius 1 is 1.19 bits per heavy atom. The topological polar surface area (TPSA) is 91.7 Å². The minimum atomic E-state index is -0.0133. The minimum Gasteiger partial charge on any atom is -0.464 e. The summed E-state index contributed by atoms with van der Waals surface area (Å²) >= 11 is 0. The first kappa shape index (κ1) is 20.8. The van der Waals surface area contributed by atoms with E-state index in [0.29, 0.717) is 44.8 Å². The molecule has 2 aliphatic heterocycles. The van der Waals surface area contributed by atoms with E-state index in [0.717, 1.165) is 47.2 Å². The third kappa shape index (κ3) is 4.02. The van der Waals surface area contributed by atoms with Gasteiger partial charge in [0.1, 0.15) is 5.58 Å². The molecule has 2 aromatic heterocycles. The van der Waals surface area contributed by atoms with Gasteiger partial charge in [0.15, 0.2) is 0 Å². The highest BCUT2D eigenvalue weighted by atomic mass is 16.5. The van der Waals surface area contributed by atoms with Gasteiger partial charge in [-0.2, -0.15) is 5.10 Å². The van der Waals surface area contributed by atoms with Crippen LogP contribution in [0.2, 0.25) is 0 Å². The van der Waals surface area contributed by atoms with Crippen LogP contribution in [0, 0.1) is 6.92 Å². The van der Waals surface area contributed by atoms with E-state index >= 15 is 0 Å². The quantitative estimate of drug-likeness (QED) is 0.679. The molecule has 8 heteroatoms. The summed E-state index contributed by atoms with van der Waals surface area (Å²) in [5, 5.41) is 8.20. The summed E-state index contributed by atoms with van der Waals surface area (Å²) in [6.45, 7) is 5.65. The normalized spacial score (nSPS) is 19.5. The Morgan fingerprint density at radius 3 is 2.88 bits per heavy atom. The number of ether oxygens (including phenoxy) is 1. The van der Waals surface area contributed by atoms with Crippen LogP contribution in [0.1, 0.15) is 45.9 Å². The Labute approximate surface area is 186 Å². The zero-order valence-corrected chi connectivity index (χ0v) is 18.3. The van der Waals surface area contributed by atoms with Crippen LogP contribution in [-0.4, -0.2) is 71.2 Å². The van der Waals surface area contributed by atoms with Gasteiger partial charge in [-0.05, 0) is 31.4 Å². The van der Waals surface area contributed by atoms with Crippen LogP contribution in [0.3, 0.4) is 0 Å². The number of aromatic nitrogens is 2. The maximum Gasteiger partial charge on any atom is 0.257 e. The van der Waals surface area contributed by atoms with Gasteiger partial charge in [0, 0.05) is 43.0 Å². The lowest BCUT2D eigenvalue weighted by molar-refractivity contribution is -0.131. The number of amides is 2. The number of piperidine rings is 1. The number of nitrogens with zero attached hydrogens (tertiary/aromatic N) is 3. The zero-order valence-electron chi connectivity index (χ0n) is 18.3. The number of H-pyrrole nitrogens is 1. The summed E-state index contributed by atoms with van der Waals surface area (Å²) in [5.74, 6) is 0.137. The van der Waals surface area contributed by atoms with Crippen molar-refractivity contribution < 1.29 is 18.7 Å². The molecule has 2 saturated heterocycles. The molecule has 0 bridgehead atoms. The molecule has 32 heavy (non-hydrogen) atoms. The molecule has 1 atom stereocenters. The lowest BCUT2D eigenvalue weighted by atomic mass is 9.91. The van der Waals surface area contributed by atoms with E-state index in [2.05, 4.69) is 10.2 Å². The molecular weight excluding hydrogens is 408 g/mol. The van der Waals surface area contributed by atoms with Crippen molar-refractivity contribution in [1.82, 2.24) is 20.0 Å². The third-order valence-corrected chi connectivity index (χ3v) is 6.53. The lowest BCUT2D eigenvalue weighted by Crippen LogP contribution is -2.42. The van der Waals surface area contributed by atoms with Crippen molar-refractivity contribution in [2.24, 2.45) is 0 Å². The summed E-state index contributed by atoms with van der Waals surface area (Å²) in [4.78, 5) is 29.9. The smallest absolute Gasteiger partial charge is 0.257 e. The third-order valence-electron chi connectivity index (χ3n) is 6.53. The molecule has 0 aliphatic carbocycles. The average molecular weight is 437 g/mol. The summed E-state index contributed by atoms with van der Waals surface area (Å²) in [5.41, 5.74) is 4.31. The van der Waals surface area contributed by atoms with Crippen LogP contribution in [0.25, 0.3) is 11.0 Å². The molecule has 0 spiro atoms. The lowest BCUT2D eigenvalue weighted by Gasteiger charge is -2.33. The van der Waals surface area contributed by atoms with E-state index in [4.69, 9.17) is 9.15 Å². The largest absolute Gasteiger partial charge is 0.464 e. The first-order valence-corrected chi connectivity index (χ1v) is 11.2. The molecule has 0 radical (unpaired) electrons. The summed E-state index contributed by atoms with van der Waals surface area (Å²) in [6.07, 6.45) is 5.44. The molecule has 2 amide bonds. The number of aryl methyl sites for hydroxylation is 1. The predicted molar refractivity (Wildman–Crippen MR) is 119 cm³/mol. The number of rotatable bonds is 4. The predicted octanol–water partition coefficient (Wildman–Crippen LogP) is 2.89. The van der Waals surface area contributed by atoms with Gasteiger partial charge in [-0.15, -0.1) is 0 Å². The second-order valence-corrected chi connectivity index (χ2v) is 8.72. The first-order valence-electron chi connectivity index (χ1n) is 11.2. The number of benzene rings is 1. The standard InChI is InChI=1S/C24H28N4O4/c1-16-4-5-19-18(15-32-21(19)11-16)12-22(29)28-6-2-3-17(14-28)23-20(13-25-26-23)24(30)27-7-9-31-10-8-27/h4-5,11,13,15,17H,2-3,6-10,12,14H2,1H3,(H,25,26)/t17-/m1/s1. The van der Waals surface area contributed by atoms with Crippen LogP contribution in [0.5, 0.6) is 0 Å². The zero-order chi connectivity index (χ0) is 22.1. The number of hydrogen-bond acceptors (Lipinski definition) is 5. The van der Waals surface area contributed by atoms with E-state index in [1.165, 1.54) is 0 Å². The molecule has 168 valence electrons. The SMILES string of the molecule is Cc1ccc2c(CC(=O)N3CCC[C@@H](c4[nH]ncc4C(=O)N4CCOCC4)C3)coc2c1. The molecule has 2 aliphatic rings. The van der Waals surface area contributed by atoms with Gasteiger partial charge in [-0.1, -0.05) is 12.1 Å². The highest BCUT2D eigenvalue weighted by Gasteiger charge is 2.31. The van der Waals surface area contributed by atoms with Gasteiger partial charge < -0.3 is 19.0 Å². The average Bonchev–Trinajstić information content (AvgIpc) is 3.46. The molecule has 0 saturated carbocycles. The van der Waals surface area contributed by atoms with Crippen molar-refractivity contribution in [3.63, 3.8) is 0 Å². The van der Waals surface area contributed by atoms with Crippen molar-refractivity contribution in [2.45, 2.75) is 32.1 Å². The Morgan fingerprint density at radius 2 is 2.03 bits per heavy atom. The molecule has 1 N–H and O–H groups in total. The maximum atomic E-state index is 13.1. The number of aromatic amines is 1. The Balaban J connectivity index is 1.29. The number of nitrogens with one attached hydrogen (secondary N) is 1. The fourth-order valence-electron chi connectivity index (χ4n) is 4.76. The van der Waals surface area contributed by atoms with Crippen LogP contribution >= 0.6 is 0 Å². The second kappa shape index (κ2) is 8.78. The molecule has 5 rings (SSSR count). The van der Waals surface area contributed by atoms with Gasteiger partial charge in [0.25, 0.3) is 5.91 Å². The highest BCUT2D eigenvalue weighted by Crippen LogP contribution is 2.30. The van der Waals surface area contributed by atoms with E-state index in [1.807, 2.05) is 34.9 Å². The number of fused-ring (bicyclic) bond motifs is 1. The van der Waals surface area contributed by atoms with Crippen LogP contribution in [-0.2, 0) is 16.0 Å². The minimum absolute atomic E-state index is 0.0133. The monoisotopic (exact) mass is 436 g/mol. The first-order chi connectivity index (χ1) is 15.6. The Kier molecular flexibility index (Phi) is 5.70. The maximum absolute atomic E-state index is 13.1.